The summed E-state index contributed by atoms with van der Waals surface area (Å²) in [5.41, 5.74) is 0.331. The average molecular weight is 351 g/mol. The van der Waals surface area contributed by atoms with E-state index in [0.717, 1.165) is 6.42 Å². The van der Waals surface area contributed by atoms with Crippen LogP contribution in [0.3, 0.4) is 0 Å². The summed E-state index contributed by atoms with van der Waals surface area (Å²) in [6.07, 6.45) is 2.63. The second-order valence-electron chi connectivity index (χ2n) is 5.06. The van der Waals surface area contributed by atoms with Gasteiger partial charge in [0.2, 0.25) is 10.0 Å². The molecule has 1 aromatic carbocycles. The van der Waals surface area contributed by atoms with Crippen LogP contribution in [-0.4, -0.2) is 44.0 Å². The molecule has 0 aromatic heterocycles. The van der Waals surface area contributed by atoms with Gasteiger partial charge >= 0.3 is 0 Å². The second-order valence-corrected chi connectivity index (χ2v) is 7.88. The van der Waals surface area contributed by atoms with Crippen LogP contribution in [0, 0.1) is 0 Å². The van der Waals surface area contributed by atoms with Crippen LogP contribution in [0.1, 0.15) is 23.2 Å². The number of carbonyl (C=O) groups excluding carboxylic acids is 1. The summed E-state index contributed by atoms with van der Waals surface area (Å²) in [5.74, 6) is -0.322. The molecule has 8 heteroatoms. The molecule has 1 atom stereocenters. The van der Waals surface area contributed by atoms with E-state index >= 15 is 0 Å². The number of benzene rings is 1. The van der Waals surface area contributed by atoms with Crippen molar-refractivity contribution in [1.29, 1.82) is 0 Å². The Morgan fingerprint density at radius 2 is 2.10 bits per heavy atom. The molecule has 1 amide bonds. The number of halogens is 2. The van der Waals surface area contributed by atoms with E-state index in [0.29, 0.717) is 23.6 Å². The van der Waals surface area contributed by atoms with Gasteiger partial charge in [0, 0.05) is 24.2 Å². The van der Waals surface area contributed by atoms with Crippen LogP contribution in [0.2, 0.25) is 10.0 Å². The molecule has 0 radical (unpaired) electrons. The Hall–Kier alpha value is -0.820. The number of amides is 1. The van der Waals surface area contributed by atoms with Crippen molar-refractivity contribution in [2.45, 2.75) is 18.9 Å². The van der Waals surface area contributed by atoms with Crippen molar-refractivity contribution < 1.29 is 13.2 Å². The molecule has 1 aliphatic heterocycles. The zero-order chi connectivity index (χ0) is 15.6. The van der Waals surface area contributed by atoms with Crippen LogP contribution in [-0.2, 0) is 10.0 Å². The number of hydrogen-bond acceptors (Lipinski definition) is 3. The van der Waals surface area contributed by atoms with E-state index in [4.69, 9.17) is 23.2 Å². The van der Waals surface area contributed by atoms with E-state index in [1.807, 2.05) is 0 Å². The van der Waals surface area contributed by atoms with Gasteiger partial charge in [-0.2, -0.15) is 0 Å². The molecule has 0 aliphatic carbocycles. The first kappa shape index (κ1) is 16.5. The first-order chi connectivity index (χ1) is 9.77. The maximum Gasteiger partial charge on any atom is 0.253 e. The van der Waals surface area contributed by atoms with Gasteiger partial charge in [0.05, 0.1) is 16.8 Å². The molecule has 1 N–H and O–H groups in total. The standard InChI is InChI=1S/C13H16Cl2N2O3S/c1-21(19,20)17-6-2-3-10(8-17)16-13(18)11-5-4-9(14)7-12(11)15/h4-5,7,10H,2-3,6,8H2,1H3,(H,16,18). The van der Waals surface area contributed by atoms with Crippen LogP contribution < -0.4 is 5.32 Å². The minimum atomic E-state index is -3.23. The van der Waals surface area contributed by atoms with Crippen molar-refractivity contribution in [1.82, 2.24) is 9.62 Å². The predicted molar refractivity (Wildman–Crippen MR) is 83.4 cm³/mol. The SMILES string of the molecule is CS(=O)(=O)N1CCCC(NC(=O)c2ccc(Cl)cc2Cl)C1. The quantitative estimate of drug-likeness (QED) is 0.907. The Bertz CT molecular complexity index is 649. The molecule has 0 bridgehead atoms. The minimum absolute atomic E-state index is 0.215. The molecule has 1 unspecified atom stereocenters. The topological polar surface area (TPSA) is 66.5 Å². The Kier molecular flexibility index (Phi) is 5.14. The summed E-state index contributed by atoms with van der Waals surface area (Å²) >= 11 is 11.8. The normalized spacial score (nSPS) is 20.2. The Labute approximate surface area is 134 Å². The number of rotatable bonds is 3. The van der Waals surface area contributed by atoms with E-state index in [1.165, 1.54) is 16.6 Å². The van der Waals surface area contributed by atoms with Crippen molar-refractivity contribution in [2.75, 3.05) is 19.3 Å². The maximum atomic E-state index is 12.2. The van der Waals surface area contributed by atoms with Gasteiger partial charge in [-0.15, -0.1) is 0 Å². The fraction of sp³-hybridized carbons (Fsp3) is 0.462. The number of carbonyl (C=O) groups is 1. The summed E-state index contributed by atoms with van der Waals surface area (Å²) < 4.78 is 24.5. The third-order valence-electron chi connectivity index (χ3n) is 3.36. The third-order valence-corrected chi connectivity index (χ3v) is 5.18. The number of sulfonamides is 1. The molecule has 1 aliphatic rings. The van der Waals surface area contributed by atoms with Gasteiger partial charge in [0.25, 0.3) is 5.91 Å². The van der Waals surface area contributed by atoms with Gasteiger partial charge in [0.1, 0.15) is 0 Å². The van der Waals surface area contributed by atoms with Gasteiger partial charge < -0.3 is 5.32 Å². The Morgan fingerprint density at radius 3 is 2.71 bits per heavy atom. The van der Waals surface area contributed by atoms with Crippen LogP contribution in [0.15, 0.2) is 18.2 Å². The highest BCUT2D eigenvalue weighted by Gasteiger charge is 2.27. The van der Waals surface area contributed by atoms with Crippen molar-refractivity contribution >= 4 is 39.1 Å². The predicted octanol–water partition coefficient (Wildman–Crippen LogP) is 2.15. The van der Waals surface area contributed by atoms with Crippen molar-refractivity contribution in [3.63, 3.8) is 0 Å². The van der Waals surface area contributed by atoms with E-state index in [1.54, 1.807) is 12.1 Å². The highest BCUT2D eigenvalue weighted by molar-refractivity contribution is 7.88. The number of nitrogens with one attached hydrogen (secondary N) is 1. The fourth-order valence-corrected chi connectivity index (χ4v) is 3.70. The monoisotopic (exact) mass is 350 g/mol. The molecule has 21 heavy (non-hydrogen) atoms. The molecule has 2 rings (SSSR count). The largest absolute Gasteiger partial charge is 0.348 e. The smallest absolute Gasteiger partial charge is 0.253 e. The zero-order valence-corrected chi connectivity index (χ0v) is 13.8. The second kappa shape index (κ2) is 6.52. The number of piperidine rings is 1. The summed E-state index contributed by atoms with van der Waals surface area (Å²) in [6, 6.07) is 4.43. The number of hydrogen-bond donors (Lipinski definition) is 1. The highest BCUT2D eigenvalue weighted by atomic mass is 35.5. The first-order valence-corrected chi connectivity index (χ1v) is 9.09. The van der Waals surface area contributed by atoms with Gasteiger partial charge in [-0.1, -0.05) is 23.2 Å². The van der Waals surface area contributed by atoms with Crippen molar-refractivity contribution in [3.8, 4) is 0 Å². The van der Waals surface area contributed by atoms with E-state index < -0.39 is 10.0 Å². The summed E-state index contributed by atoms with van der Waals surface area (Å²) in [4.78, 5) is 12.2. The Morgan fingerprint density at radius 1 is 1.38 bits per heavy atom. The van der Waals surface area contributed by atoms with Gasteiger partial charge in [-0.05, 0) is 31.0 Å². The van der Waals surface area contributed by atoms with Gasteiger partial charge in [-0.3, -0.25) is 4.79 Å². The highest BCUT2D eigenvalue weighted by Crippen LogP contribution is 2.21. The molecule has 0 saturated carbocycles. The zero-order valence-electron chi connectivity index (χ0n) is 11.5. The lowest BCUT2D eigenvalue weighted by molar-refractivity contribution is 0.0921. The lowest BCUT2D eigenvalue weighted by atomic mass is 10.1. The van der Waals surface area contributed by atoms with E-state index in [9.17, 15) is 13.2 Å². The lowest BCUT2D eigenvalue weighted by Gasteiger charge is -2.31. The van der Waals surface area contributed by atoms with E-state index in [-0.39, 0.29) is 23.5 Å². The molecule has 5 nitrogen and oxygen atoms in total. The average Bonchev–Trinajstić information content (AvgIpc) is 2.37. The van der Waals surface area contributed by atoms with Crippen LogP contribution in [0.4, 0.5) is 0 Å². The third kappa shape index (κ3) is 4.32. The lowest BCUT2D eigenvalue weighted by Crippen LogP contribution is -2.49. The van der Waals surface area contributed by atoms with Crippen molar-refractivity contribution in [3.05, 3.63) is 33.8 Å². The molecule has 0 spiro atoms. The maximum absolute atomic E-state index is 12.2. The summed E-state index contributed by atoms with van der Waals surface area (Å²) in [7, 11) is -3.23. The van der Waals surface area contributed by atoms with Crippen LogP contribution in [0.25, 0.3) is 0 Å². The van der Waals surface area contributed by atoms with Gasteiger partial charge in [-0.25, -0.2) is 12.7 Å². The Balaban J connectivity index is 2.05. The first-order valence-electron chi connectivity index (χ1n) is 6.48. The molecule has 1 saturated heterocycles. The van der Waals surface area contributed by atoms with Gasteiger partial charge in [0.15, 0.2) is 0 Å². The molecule has 1 aromatic rings. The summed E-state index contributed by atoms with van der Waals surface area (Å²) in [5, 5.41) is 3.55. The van der Waals surface area contributed by atoms with Crippen LogP contribution >= 0.6 is 23.2 Å². The molecule has 1 fully saturated rings. The van der Waals surface area contributed by atoms with Crippen LogP contribution in [0.5, 0.6) is 0 Å². The van der Waals surface area contributed by atoms with Crippen molar-refractivity contribution in [2.24, 2.45) is 0 Å². The molecular formula is C13H16Cl2N2O3S. The fourth-order valence-electron chi connectivity index (χ4n) is 2.30. The summed E-state index contributed by atoms with van der Waals surface area (Å²) in [6.45, 7) is 0.780. The minimum Gasteiger partial charge on any atom is -0.348 e. The van der Waals surface area contributed by atoms with E-state index in [2.05, 4.69) is 5.32 Å². The molecular weight excluding hydrogens is 335 g/mol. The number of nitrogens with zero attached hydrogens (tertiary/aromatic N) is 1. The molecule has 1 heterocycles. The molecule has 116 valence electrons.